The maximum atomic E-state index is 12.5. The van der Waals surface area contributed by atoms with Crippen LogP contribution in [0.25, 0.3) is 21.8 Å². The van der Waals surface area contributed by atoms with Crippen LogP contribution in [0.15, 0.2) is 94.3 Å². The Bertz CT molecular complexity index is 2840. The van der Waals surface area contributed by atoms with Crippen molar-refractivity contribution in [3.8, 4) is 0 Å². The zero-order chi connectivity index (χ0) is 43.8. The molecule has 6 heterocycles. The Morgan fingerprint density at radius 3 is 1.57 bits per heavy atom. The molecule has 6 aromatic heterocycles. The van der Waals surface area contributed by atoms with Gasteiger partial charge in [-0.05, 0) is 110 Å². The maximum Gasteiger partial charge on any atom is 0.373 e. The summed E-state index contributed by atoms with van der Waals surface area (Å²) in [5.74, 6) is 0.383. The Morgan fingerprint density at radius 1 is 0.667 bits per heavy atom. The fraction of sp³-hybridized carbons (Fsp3) is 0.200. The van der Waals surface area contributed by atoms with Gasteiger partial charge in [-0.15, -0.1) is 12.4 Å². The largest absolute Gasteiger partial charge is 0.475 e. The van der Waals surface area contributed by atoms with E-state index >= 15 is 0 Å². The summed E-state index contributed by atoms with van der Waals surface area (Å²) in [4.78, 5) is 48.2. The first kappa shape index (κ1) is 49.0. The molecule has 0 unspecified atom stereocenters. The van der Waals surface area contributed by atoms with E-state index in [1.54, 1.807) is 18.5 Å². The molecule has 1 amide bonds. The van der Waals surface area contributed by atoms with Gasteiger partial charge in [0.15, 0.2) is 11.8 Å². The van der Waals surface area contributed by atoms with Crippen LogP contribution >= 0.6 is 35.6 Å². The smallest absolute Gasteiger partial charge is 0.373 e. The first-order valence-corrected chi connectivity index (χ1v) is 19.6. The molecule has 328 valence electrons. The molecule has 8 N–H and O–H groups in total. The fourth-order valence-corrected chi connectivity index (χ4v) is 6.81. The zero-order valence-corrected chi connectivity index (χ0v) is 36.4. The van der Waals surface area contributed by atoms with Crippen LogP contribution in [0.4, 0.5) is 11.6 Å². The van der Waals surface area contributed by atoms with Gasteiger partial charge in [0.05, 0.1) is 33.5 Å². The Morgan fingerprint density at radius 2 is 1.13 bits per heavy atom. The second-order valence-corrected chi connectivity index (χ2v) is 14.9. The molecule has 18 heteroatoms. The number of nitrogens with zero attached hydrogens (tertiary/aromatic N) is 6. The molecule has 8 aromatic rings. The van der Waals surface area contributed by atoms with Crippen LogP contribution in [0.2, 0.25) is 10.0 Å². The second kappa shape index (κ2) is 21.9. The van der Waals surface area contributed by atoms with Crippen molar-refractivity contribution in [2.24, 2.45) is 5.73 Å². The summed E-state index contributed by atoms with van der Waals surface area (Å²) in [5, 5.41) is 14.6. The van der Waals surface area contributed by atoms with Crippen molar-refractivity contribution in [3.05, 3.63) is 164 Å². The predicted octanol–water partition coefficient (Wildman–Crippen LogP) is 8.95. The lowest BCUT2D eigenvalue weighted by molar-refractivity contribution is 0.0660. The van der Waals surface area contributed by atoms with Crippen molar-refractivity contribution < 1.29 is 23.5 Å². The number of hydrogen-bond acceptors (Lipinski definition) is 13. The van der Waals surface area contributed by atoms with Crippen molar-refractivity contribution in [2.75, 3.05) is 11.5 Å². The van der Waals surface area contributed by atoms with E-state index < -0.39 is 5.97 Å². The summed E-state index contributed by atoms with van der Waals surface area (Å²) in [5.41, 5.74) is 26.3. The van der Waals surface area contributed by atoms with Gasteiger partial charge in [-0.3, -0.25) is 14.8 Å². The molecule has 0 aliphatic heterocycles. The van der Waals surface area contributed by atoms with Gasteiger partial charge >= 0.3 is 5.97 Å². The molecular weight excluding hydrogens is 867 g/mol. The van der Waals surface area contributed by atoms with E-state index in [1.807, 2.05) is 82.3 Å². The van der Waals surface area contributed by atoms with E-state index in [-0.39, 0.29) is 37.3 Å². The molecule has 0 saturated carbocycles. The van der Waals surface area contributed by atoms with E-state index in [0.29, 0.717) is 59.4 Å². The van der Waals surface area contributed by atoms with Gasteiger partial charge in [0.25, 0.3) is 5.91 Å². The normalized spacial score (nSPS) is 10.5. The van der Waals surface area contributed by atoms with Crippen molar-refractivity contribution in [1.29, 1.82) is 0 Å². The summed E-state index contributed by atoms with van der Waals surface area (Å²) in [6, 6.07) is 18.9. The molecular formula is C45H47Cl3N10O5. The number of rotatable bonds is 9. The minimum atomic E-state index is -1.13. The molecule has 0 aliphatic rings. The number of anilines is 2. The van der Waals surface area contributed by atoms with Crippen LogP contribution < -0.4 is 22.5 Å². The number of nitrogens with one attached hydrogen (secondary N) is 1. The van der Waals surface area contributed by atoms with Crippen molar-refractivity contribution in [1.82, 2.24) is 35.2 Å². The van der Waals surface area contributed by atoms with Gasteiger partial charge in [-0.1, -0.05) is 42.8 Å². The third-order valence-electron chi connectivity index (χ3n) is 9.45. The SMILES string of the molecule is C.Cc1cc(N)nc(C)c1CN.Cc1cc(N)nc(C)c1CNC(=O)c1cnc(Cc2ccc3ncc(Cl)cc3c2)o1.Cl.O=C(O)c1cnc(Cc2ccc3ncc(Cl)cc3c2)o1. The number of nitrogens with two attached hydrogens (primary N) is 3. The van der Waals surface area contributed by atoms with Crippen molar-refractivity contribution in [3.63, 3.8) is 0 Å². The number of carbonyl (C=O) groups is 2. The predicted molar refractivity (Wildman–Crippen MR) is 248 cm³/mol. The number of aromatic carboxylic acids is 1. The number of oxazole rings is 2. The Hall–Kier alpha value is -6.65. The topological polar surface area (TPSA) is 248 Å². The summed E-state index contributed by atoms with van der Waals surface area (Å²) in [6.45, 7) is 8.58. The Kier molecular flexibility index (Phi) is 17.1. The van der Waals surface area contributed by atoms with Crippen molar-refractivity contribution >= 4 is 80.9 Å². The number of benzene rings is 2. The van der Waals surface area contributed by atoms with Gasteiger partial charge in [0, 0.05) is 60.5 Å². The average molecular weight is 914 g/mol. The highest BCUT2D eigenvalue weighted by Crippen LogP contribution is 2.22. The van der Waals surface area contributed by atoms with Gasteiger partial charge in [-0.25, -0.2) is 24.7 Å². The molecule has 15 nitrogen and oxygen atoms in total. The van der Waals surface area contributed by atoms with Crippen molar-refractivity contribution in [2.45, 2.75) is 61.1 Å². The summed E-state index contributed by atoms with van der Waals surface area (Å²) in [6.07, 6.45) is 6.72. The summed E-state index contributed by atoms with van der Waals surface area (Å²) in [7, 11) is 0. The number of aryl methyl sites for hydroxylation is 4. The number of pyridine rings is 4. The van der Waals surface area contributed by atoms with Crippen LogP contribution in [-0.2, 0) is 25.9 Å². The first-order chi connectivity index (χ1) is 29.1. The molecule has 8 rings (SSSR count). The summed E-state index contributed by atoms with van der Waals surface area (Å²) < 4.78 is 10.8. The van der Waals surface area contributed by atoms with Crippen LogP contribution in [-0.4, -0.2) is 46.9 Å². The molecule has 0 aliphatic carbocycles. The maximum absolute atomic E-state index is 12.5. The Balaban J connectivity index is 0.000000227. The van der Waals surface area contributed by atoms with Crippen LogP contribution in [0, 0.1) is 27.7 Å². The van der Waals surface area contributed by atoms with Crippen LogP contribution in [0.1, 0.15) is 85.1 Å². The molecule has 0 atom stereocenters. The van der Waals surface area contributed by atoms with E-state index in [0.717, 1.165) is 66.6 Å². The number of halogens is 3. The number of aromatic nitrogens is 6. The quantitative estimate of drug-likeness (QED) is 0.0907. The number of hydrogen-bond donors (Lipinski definition) is 5. The van der Waals surface area contributed by atoms with E-state index in [4.69, 9.17) is 54.3 Å². The highest BCUT2D eigenvalue weighted by Gasteiger charge is 2.15. The molecule has 0 bridgehead atoms. The Labute approximate surface area is 379 Å². The first-order valence-electron chi connectivity index (χ1n) is 18.8. The molecule has 0 fully saturated rings. The third kappa shape index (κ3) is 12.9. The highest BCUT2D eigenvalue weighted by molar-refractivity contribution is 6.31. The lowest BCUT2D eigenvalue weighted by Gasteiger charge is -2.10. The number of fused-ring (bicyclic) bond motifs is 2. The minimum Gasteiger partial charge on any atom is -0.475 e. The number of carboxylic acids is 1. The highest BCUT2D eigenvalue weighted by atomic mass is 35.5. The second-order valence-electron chi connectivity index (χ2n) is 14.0. The molecule has 0 saturated heterocycles. The van der Waals surface area contributed by atoms with Gasteiger partial charge in [0.1, 0.15) is 11.6 Å². The molecule has 0 radical (unpaired) electrons. The lowest BCUT2D eigenvalue weighted by Crippen LogP contribution is -2.23. The molecule has 0 spiro atoms. The van der Waals surface area contributed by atoms with E-state index in [2.05, 4.69) is 35.2 Å². The molecule has 2 aromatic carbocycles. The standard InChI is InChI=1S/C22H20ClN5O2.C14H9ClN2O3.C8H13N3.CH4.ClH/c1-12-5-20(24)28-13(2)17(12)10-27-22(29)19-11-26-21(30-19)7-14-3-4-18-15(6-14)8-16(23)9-25-18;15-10-5-9-3-8(1-2-11(9)16-6-10)4-13-17-7-12(20-13)14(18)19;1-5-3-8(10)11-6(2)7(5)4-9;;/h3-6,8-9,11H,7,10H2,1-2H3,(H2,24,28)(H,27,29);1-3,5-7H,4H2,(H,18,19);3H,4,9H2,1-2H3,(H2,10,11);1H4;1H. The number of carboxylic acid groups (broad SMARTS) is 1. The number of amides is 1. The monoisotopic (exact) mass is 912 g/mol. The van der Waals surface area contributed by atoms with E-state index in [1.165, 1.54) is 12.4 Å². The van der Waals surface area contributed by atoms with Gasteiger partial charge < -0.3 is 36.5 Å². The number of carbonyl (C=O) groups excluding carboxylic acids is 1. The molecule has 63 heavy (non-hydrogen) atoms. The summed E-state index contributed by atoms with van der Waals surface area (Å²) >= 11 is 11.9. The van der Waals surface area contributed by atoms with Gasteiger partial charge in [-0.2, -0.15) is 0 Å². The minimum absolute atomic E-state index is 0. The number of nitrogen functional groups attached to an aromatic ring is 2. The fourth-order valence-electron chi connectivity index (χ4n) is 6.47. The third-order valence-corrected chi connectivity index (χ3v) is 9.87. The van der Waals surface area contributed by atoms with Crippen LogP contribution in [0.5, 0.6) is 0 Å². The lowest BCUT2D eigenvalue weighted by atomic mass is 10.1. The average Bonchev–Trinajstić information content (AvgIpc) is 3.88. The zero-order valence-electron chi connectivity index (χ0n) is 34.1. The van der Waals surface area contributed by atoms with E-state index in [9.17, 15) is 9.59 Å². The van der Waals surface area contributed by atoms with Gasteiger partial charge in [0.2, 0.25) is 11.5 Å². The van der Waals surface area contributed by atoms with Crippen LogP contribution in [0.3, 0.4) is 0 Å².